The van der Waals surface area contributed by atoms with E-state index in [1.54, 1.807) is 0 Å². The van der Waals surface area contributed by atoms with Gasteiger partial charge in [0.15, 0.2) is 0 Å². The highest BCUT2D eigenvalue weighted by Crippen LogP contribution is 2.17. The molecule has 0 radical (unpaired) electrons. The Kier molecular flexibility index (Phi) is 4.04. The quantitative estimate of drug-likeness (QED) is 0.708. The molecule has 3 heteroatoms. The molecule has 0 aliphatic carbocycles. The molecule has 14 heavy (non-hydrogen) atoms. The van der Waals surface area contributed by atoms with Gasteiger partial charge in [-0.05, 0) is 36.2 Å². The van der Waals surface area contributed by atoms with Crippen LogP contribution in [0.3, 0.4) is 0 Å². The van der Waals surface area contributed by atoms with E-state index in [9.17, 15) is 0 Å². The molecule has 0 heterocycles. The molecule has 0 aliphatic heterocycles. The zero-order valence-corrected chi connectivity index (χ0v) is 8.71. The molecule has 1 rings (SSSR count). The van der Waals surface area contributed by atoms with Crippen molar-refractivity contribution in [1.29, 1.82) is 10.5 Å². The monoisotopic (exact) mass is 202 g/mol. The van der Waals surface area contributed by atoms with Crippen molar-refractivity contribution >= 4 is 11.8 Å². The first kappa shape index (κ1) is 10.6. The lowest BCUT2D eigenvalue weighted by molar-refractivity contribution is 1.02. The highest BCUT2D eigenvalue weighted by Gasteiger charge is 2.09. The zero-order valence-electron chi connectivity index (χ0n) is 7.90. The van der Waals surface area contributed by atoms with Gasteiger partial charge in [0.25, 0.3) is 0 Å². The van der Waals surface area contributed by atoms with Gasteiger partial charge >= 0.3 is 0 Å². The summed E-state index contributed by atoms with van der Waals surface area (Å²) in [5.74, 6) is 0. The lowest BCUT2D eigenvalue weighted by Crippen LogP contribution is -2.03. The van der Waals surface area contributed by atoms with Crippen LogP contribution in [0.5, 0.6) is 0 Å². The van der Waals surface area contributed by atoms with Crippen molar-refractivity contribution in [2.45, 2.75) is 18.6 Å². The Hall–Kier alpha value is -1.45. The largest absolute Gasteiger partial charge is 0.197 e. The average Bonchev–Trinajstić information content (AvgIpc) is 2.20. The van der Waals surface area contributed by atoms with Crippen LogP contribution in [-0.4, -0.2) is 5.25 Å². The molecule has 1 atom stereocenters. The zero-order chi connectivity index (χ0) is 10.4. The highest BCUT2D eigenvalue weighted by atomic mass is 32.2. The van der Waals surface area contributed by atoms with Crippen LogP contribution in [0.4, 0.5) is 0 Å². The number of nitrogens with zero attached hydrogens (tertiary/aromatic N) is 2. The van der Waals surface area contributed by atoms with Crippen molar-refractivity contribution < 1.29 is 0 Å². The number of benzene rings is 1. The van der Waals surface area contributed by atoms with Crippen molar-refractivity contribution in [3.8, 4) is 11.5 Å². The predicted octanol–water partition coefficient (Wildman–Crippen LogP) is 2.64. The molecule has 0 saturated heterocycles. The number of nitriles is 2. The molecule has 0 aromatic heterocycles. The second-order valence-electron chi connectivity index (χ2n) is 2.96. The van der Waals surface area contributed by atoms with Crippen LogP contribution in [0.1, 0.15) is 11.1 Å². The normalized spacial score (nSPS) is 11.4. The summed E-state index contributed by atoms with van der Waals surface area (Å²) >= 11 is 1.02. The standard InChI is InChI=1S/C11H10N2S/c1-9-4-2-3-5-10(9)6-11(7-12)14-8-13/h2-5,11H,6H2,1H3/t11-/m1/s1. The summed E-state index contributed by atoms with van der Waals surface area (Å²) in [5.41, 5.74) is 2.31. The molecule has 0 N–H and O–H groups in total. The Labute approximate surface area is 88.2 Å². The second kappa shape index (κ2) is 5.32. The van der Waals surface area contributed by atoms with Gasteiger partial charge < -0.3 is 0 Å². The number of thiocyanates is 1. The van der Waals surface area contributed by atoms with Gasteiger partial charge in [-0.2, -0.15) is 10.5 Å². The Balaban J connectivity index is 2.74. The Bertz CT molecular complexity index is 387. The summed E-state index contributed by atoms with van der Waals surface area (Å²) in [7, 11) is 0. The van der Waals surface area contributed by atoms with Crippen LogP contribution in [0.2, 0.25) is 0 Å². The summed E-state index contributed by atoms with van der Waals surface area (Å²) in [6.45, 7) is 2.01. The van der Waals surface area contributed by atoms with Gasteiger partial charge in [-0.25, -0.2) is 0 Å². The Morgan fingerprint density at radius 2 is 2.07 bits per heavy atom. The second-order valence-corrected chi connectivity index (χ2v) is 3.94. The van der Waals surface area contributed by atoms with E-state index in [1.807, 2.05) is 36.6 Å². The molecule has 0 spiro atoms. The van der Waals surface area contributed by atoms with Gasteiger partial charge in [0, 0.05) is 0 Å². The number of rotatable bonds is 3. The van der Waals surface area contributed by atoms with E-state index in [1.165, 1.54) is 5.56 Å². The Morgan fingerprint density at radius 1 is 1.36 bits per heavy atom. The van der Waals surface area contributed by atoms with Crippen molar-refractivity contribution in [3.63, 3.8) is 0 Å². The molecule has 0 saturated carbocycles. The van der Waals surface area contributed by atoms with E-state index in [-0.39, 0.29) is 5.25 Å². The lowest BCUT2D eigenvalue weighted by Gasteiger charge is -2.06. The van der Waals surface area contributed by atoms with Crippen molar-refractivity contribution in [3.05, 3.63) is 35.4 Å². The molecule has 1 aromatic carbocycles. The summed E-state index contributed by atoms with van der Waals surface area (Å²) in [6.07, 6.45) is 0.640. The summed E-state index contributed by atoms with van der Waals surface area (Å²) in [6, 6.07) is 10.1. The fourth-order valence-electron chi connectivity index (χ4n) is 1.22. The van der Waals surface area contributed by atoms with E-state index in [2.05, 4.69) is 6.07 Å². The summed E-state index contributed by atoms with van der Waals surface area (Å²) in [4.78, 5) is 0. The minimum atomic E-state index is -0.263. The van der Waals surface area contributed by atoms with Gasteiger partial charge in [-0.1, -0.05) is 24.3 Å². The fraction of sp³-hybridized carbons (Fsp3) is 0.273. The van der Waals surface area contributed by atoms with Gasteiger partial charge in [-0.3, -0.25) is 0 Å². The molecule has 0 unspecified atom stereocenters. The minimum absolute atomic E-state index is 0.263. The number of hydrogen-bond donors (Lipinski definition) is 0. The van der Waals surface area contributed by atoms with Crippen molar-refractivity contribution in [1.82, 2.24) is 0 Å². The van der Waals surface area contributed by atoms with Crippen LogP contribution in [-0.2, 0) is 6.42 Å². The third kappa shape index (κ3) is 2.80. The SMILES string of the molecule is Cc1ccccc1C[C@H](C#N)SC#N. The maximum Gasteiger partial charge on any atom is 0.134 e. The van der Waals surface area contributed by atoms with Gasteiger partial charge in [0.2, 0.25) is 0 Å². The molecule has 0 bridgehead atoms. The van der Waals surface area contributed by atoms with Crippen LogP contribution < -0.4 is 0 Å². The molecule has 0 fully saturated rings. The van der Waals surface area contributed by atoms with Crippen LogP contribution in [0, 0.1) is 28.9 Å². The smallest absolute Gasteiger partial charge is 0.134 e. The van der Waals surface area contributed by atoms with E-state index in [0.29, 0.717) is 6.42 Å². The summed E-state index contributed by atoms with van der Waals surface area (Å²) < 4.78 is 0. The highest BCUT2D eigenvalue weighted by molar-refractivity contribution is 8.04. The van der Waals surface area contributed by atoms with E-state index in [0.717, 1.165) is 17.3 Å². The molecule has 0 amide bonds. The molecule has 2 nitrogen and oxygen atoms in total. The lowest BCUT2D eigenvalue weighted by atomic mass is 10.0. The predicted molar refractivity (Wildman–Crippen MR) is 57.5 cm³/mol. The molecular weight excluding hydrogens is 192 g/mol. The number of aryl methyl sites for hydroxylation is 1. The third-order valence-electron chi connectivity index (χ3n) is 2.01. The number of hydrogen-bond acceptors (Lipinski definition) is 3. The van der Waals surface area contributed by atoms with E-state index < -0.39 is 0 Å². The summed E-state index contributed by atoms with van der Waals surface area (Å²) in [5, 5.41) is 19.0. The first-order valence-electron chi connectivity index (χ1n) is 4.26. The Morgan fingerprint density at radius 3 is 2.64 bits per heavy atom. The van der Waals surface area contributed by atoms with Crippen molar-refractivity contribution in [2.75, 3.05) is 0 Å². The van der Waals surface area contributed by atoms with Crippen molar-refractivity contribution in [2.24, 2.45) is 0 Å². The molecule has 1 aromatic rings. The van der Waals surface area contributed by atoms with E-state index >= 15 is 0 Å². The number of thioether (sulfide) groups is 1. The maximum atomic E-state index is 8.79. The maximum absolute atomic E-state index is 8.79. The van der Waals surface area contributed by atoms with Gasteiger partial charge in [0.1, 0.15) is 10.7 Å². The van der Waals surface area contributed by atoms with Gasteiger partial charge in [0.05, 0.1) is 6.07 Å². The first-order valence-corrected chi connectivity index (χ1v) is 5.14. The topological polar surface area (TPSA) is 47.6 Å². The van der Waals surface area contributed by atoms with E-state index in [4.69, 9.17) is 10.5 Å². The first-order chi connectivity index (χ1) is 6.77. The molecular formula is C11H10N2S. The van der Waals surface area contributed by atoms with Crippen LogP contribution in [0.25, 0.3) is 0 Å². The molecule has 70 valence electrons. The van der Waals surface area contributed by atoms with Crippen LogP contribution in [0.15, 0.2) is 24.3 Å². The average molecular weight is 202 g/mol. The minimum Gasteiger partial charge on any atom is -0.197 e. The fourth-order valence-corrected chi connectivity index (χ4v) is 1.66. The van der Waals surface area contributed by atoms with Crippen LogP contribution >= 0.6 is 11.8 Å². The molecule has 0 aliphatic rings. The van der Waals surface area contributed by atoms with Gasteiger partial charge in [-0.15, -0.1) is 0 Å². The third-order valence-corrected chi connectivity index (χ3v) is 2.67.